The summed E-state index contributed by atoms with van der Waals surface area (Å²) in [5.41, 5.74) is 0. The summed E-state index contributed by atoms with van der Waals surface area (Å²) < 4.78 is 2.73. The van der Waals surface area contributed by atoms with Crippen molar-refractivity contribution in [1.82, 2.24) is 0 Å². The van der Waals surface area contributed by atoms with Gasteiger partial charge in [-0.2, -0.15) is 0 Å². The molecule has 2 heteroatoms. The van der Waals surface area contributed by atoms with Gasteiger partial charge >= 0.3 is 0 Å². The first-order chi connectivity index (χ1) is 7.61. The van der Waals surface area contributed by atoms with Crippen LogP contribution in [-0.4, -0.2) is 55.4 Å². The minimum Gasteiger partial charge on any atom is -0.277 e. The second-order valence-corrected chi connectivity index (χ2v) is 6.54. The zero-order chi connectivity index (χ0) is 11.6. The zero-order valence-corrected chi connectivity index (χ0v) is 11.5. The summed E-state index contributed by atoms with van der Waals surface area (Å²) >= 11 is 0. The molecule has 2 heterocycles. The molecule has 0 spiro atoms. The molecule has 2 rings (SSSR count). The molecule has 2 nitrogen and oxygen atoms in total. The summed E-state index contributed by atoms with van der Waals surface area (Å²) in [5, 5.41) is 0. The van der Waals surface area contributed by atoms with Crippen molar-refractivity contribution < 1.29 is 8.97 Å². The molecule has 0 aliphatic carbocycles. The summed E-state index contributed by atoms with van der Waals surface area (Å²) in [7, 11) is 5.05. The lowest BCUT2D eigenvalue weighted by Gasteiger charge is -2.47. The fourth-order valence-corrected chi connectivity index (χ4v) is 4.27. The van der Waals surface area contributed by atoms with Crippen molar-refractivity contribution in [2.45, 2.75) is 51.6 Å². The monoisotopic (exact) mass is 226 g/mol. The topological polar surface area (TPSA) is 0 Å². The van der Waals surface area contributed by atoms with E-state index in [9.17, 15) is 0 Å². The zero-order valence-electron chi connectivity index (χ0n) is 11.5. The van der Waals surface area contributed by atoms with E-state index in [4.69, 9.17) is 0 Å². The van der Waals surface area contributed by atoms with Crippen LogP contribution in [0, 0.1) is 0 Å². The van der Waals surface area contributed by atoms with E-state index >= 15 is 0 Å². The molecule has 94 valence electrons. The molecule has 2 aliphatic heterocycles. The molecule has 16 heavy (non-hydrogen) atoms. The van der Waals surface area contributed by atoms with Crippen LogP contribution in [0.15, 0.2) is 0 Å². The summed E-state index contributed by atoms with van der Waals surface area (Å²) in [4.78, 5) is 0. The van der Waals surface area contributed by atoms with Gasteiger partial charge in [0.2, 0.25) is 6.17 Å². The van der Waals surface area contributed by atoms with Gasteiger partial charge in [-0.05, 0) is 6.42 Å². The van der Waals surface area contributed by atoms with Gasteiger partial charge in [-0.1, -0.05) is 6.92 Å². The highest BCUT2D eigenvalue weighted by Crippen LogP contribution is 2.33. The molecule has 0 N–H and O–H groups in total. The molecule has 2 fully saturated rings. The van der Waals surface area contributed by atoms with Crippen LogP contribution in [0.25, 0.3) is 0 Å². The quantitative estimate of drug-likeness (QED) is 0.646. The Kier molecular flexibility index (Phi) is 3.60. The molecular formula is C14H30N2+2. The Bertz CT molecular complexity index is 203. The highest BCUT2D eigenvalue weighted by molar-refractivity contribution is 4.61. The van der Waals surface area contributed by atoms with E-state index in [2.05, 4.69) is 21.0 Å². The molecule has 0 atom stereocenters. The van der Waals surface area contributed by atoms with E-state index in [1.54, 1.807) is 0 Å². The first-order valence-corrected chi connectivity index (χ1v) is 7.29. The summed E-state index contributed by atoms with van der Waals surface area (Å²) in [6, 6.07) is 0. The number of quaternary nitrogens is 2. The SMILES string of the molecule is CCCC([N+]1(C)CCCC1)[N+]1(C)CCCC1. The van der Waals surface area contributed by atoms with E-state index in [1.165, 1.54) is 73.7 Å². The Balaban J connectivity index is 2.15. The molecule has 2 saturated heterocycles. The van der Waals surface area contributed by atoms with E-state index in [1.807, 2.05) is 0 Å². The molecule has 0 unspecified atom stereocenters. The summed E-state index contributed by atoms with van der Waals surface area (Å²) in [5.74, 6) is 0. The summed E-state index contributed by atoms with van der Waals surface area (Å²) in [6.07, 6.45) is 9.48. The van der Waals surface area contributed by atoms with Crippen molar-refractivity contribution in [1.29, 1.82) is 0 Å². The van der Waals surface area contributed by atoms with Crippen LogP contribution >= 0.6 is 0 Å². The molecule has 0 bridgehead atoms. The van der Waals surface area contributed by atoms with Crippen molar-refractivity contribution in [3.63, 3.8) is 0 Å². The molecule has 0 aromatic carbocycles. The van der Waals surface area contributed by atoms with Crippen LogP contribution in [0.5, 0.6) is 0 Å². The fourth-order valence-electron chi connectivity index (χ4n) is 4.27. The smallest absolute Gasteiger partial charge is 0.216 e. The lowest BCUT2D eigenvalue weighted by Crippen LogP contribution is -2.65. The highest BCUT2D eigenvalue weighted by Gasteiger charge is 2.48. The minimum absolute atomic E-state index is 0.884. The van der Waals surface area contributed by atoms with Gasteiger partial charge in [-0.15, -0.1) is 0 Å². The first-order valence-electron chi connectivity index (χ1n) is 7.29. The van der Waals surface area contributed by atoms with Gasteiger partial charge in [0.25, 0.3) is 0 Å². The second kappa shape index (κ2) is 4.66. The standard InChI is InChI=1S/C14H30N2/c1-4-9-14(15(2)10-5-6-11-15)16(3)12-7-8-13-16/h14H,4-13H2,1-3H3/q+2. The predicted octanol–water partition coefficient (Wildman–Crippen LogP) is 2.59. The van der Waals surface area contributed by atoms with E-state index in [-0.39, 0.29) is 0 Å². The second-order valence-electron chi connectivity index (χ2n) is 6.54. The minimum atomic E-state index is 0.884. The predicted molar refractivity (Wildman–Crippen MR) is 69.0 cm³/mol. The number of nitrogens with zero attached hydrogens (tertiary/aromatic N) is 2. The third-order valence-corrected chi connectivity index (χ3v) is 5.16. The fraction of sp³-hybridized carbons (Fsp3) is 1.00. The van der Waals surface area contributed by atoms with Crippen molar-refractivity contribution in [3.8, 4) is 0 Å². The Hall–Kier alpha value is -0.0800. The summed E-state index contributed by atoms with van der Waals surface area (Å²) in [6.45, 7) is 8.07. The molecular weight excluding hydrogens is 196 g/mol. The Morgan fingerprint density at radius 2 is 1.19 bits per heavy atom. The molecule has 0 amide bonds. The number of hydrogen-bond acceptors (Lipinski definition) is 0. The van der Waals surface area contributed by atoms with Crippen molar-refractivity contribution in [2.24, 2.45) is 0 Å². The average molecular weight is 226 g/mol. The van der Waals surface area contributed by atoms with E-state index < -0.39 is 0 Å². The van der Waals surface area contributed by atoms with Crippen molar-refractivity contribution >= 4 is 0 Å². The van der Waals surface area contributed by atoms with Crippen LogP contribution in [0.2, 0.25) is 0 Å². The van der Waals surface area contributed by atoms with Crippen LogP contribution < -0.4 is 0 Å². The number of hydrogen-bond donors (Lipinski definition) is 0. The number of likely N-dealkylation sites (tertiary alicyclic amines) is 2. The third-order valence-electron chi connectivity index (χ3n) is 5.16. The van der Waals surface area contributed by atoms with Gasteiger partial charge in [0.05, 0.1) is 46.7 Å². The van der Waals surface area contributed by atoms with E-state index in [0.717, 1.165) is 6.17 Å². The van der Waals surface area contributed by atoms with E-state index in [0.29, 0.717) is 0 Å². The Labute approximate surface area is 101 Å². The van der Waals surface area contributed by atoms with Crippen LogP contribution in [0.3, 0.4) is 0 Å². The molecule has 2 aliphatic rings. The van der Waals surface area contributed by atoms with Crippen molar-refractivity contribution in [3.05, 3.63) is 0 Å². The maximum Gasteiger partial charge on any atom is 0.216 e. The maximum absolute atomic E-state index is 2.52. The van der Waals surface area contributed by atoms with Gasteiger partial charge < -0.3 is 0 Å². The largest absolute Gasteiger partial charge is 0.277 e. The Morgan fingerprint density at radius 1 is 0.812 bits per heavy atom. The van der Waals surface area contributed by atoms with Gasteiger partial charge in [0, 0.05) is 25.7 Å². The van der Waals surface area contributed by atoms with Crippen LogP contribution in [0.4, 0.5) is 0 Å². The van der Waals surface area contributed by atoms with Gasteiger partial charge in [-0.25, -0.2) is 0 Å². The molecule has 0 aromatic rings. The van der Waals surface area contributed by atoms with Crippen LogP contribution in [-0.2, 0) is 0 Å². The van der Waals surface area contributed by atoms with Gasteiger partial charge in [0.1, 0.15) is 0 Å². The lowest BCUT2D eigenvalue weighted by atomic mass is 10.1. The molecule has 0 saturated carbocycles. The lowest BCUT2D eigenvalue weighted by molar-refractivity contribution is -1.11. The van der Waals surface area contributed by atoms with Crippen LogP contribution in [0.1, 0.15) is 45.4 Å². The third kappa shape index (κ3) is 2.14. The Morgan fingerprint density at radius 3 is 1.50 bits per heavy atom. The maximum atomic E-state index is 2.52. The van der Waals surface area contributed by atoms with Crippen molar-refractivity contribution in [2.75, 3.05) is 40.3 Å². The number of rotatable bonds is 4. The molecule has 0 radical (unpaired) electrons. The van der Waals surface area contributed by atoms with Gasteiger partial charge in [0.15, 0.2) is 0 Å². The molecule has 0 aromatic heterocycles. The van der Waals surface area contributed by atoms with Gasteiger partial charge in [-0.3, -0.25) is 8.97 Å². The normalized spacial score (nSPS) is 27.8. The first kappa shape index (κ1) is 12.4. The average Bonchev–Trinajstić information content (AvgIpc) is 2.85. The highest BCUT2D eigenvalue weighted by atomic mass is 15.6.